The van der Waals surface area contributed by atoms with Gasteiger partial charge in [0.2, 0.25) is 0 Å². The molecule has 0 saturated carbocycles. The van der Waals surface area contributed by atoms with Crippen molar-refractivity contribution in [1.29, 1.82) is 0 Å². The molecule has 24 heavy (non-hydrogen) atoms. The third-order valence-corrected chi connectivity index (χ3v) is 4.33. The first-order valence-corrected chi connectivity index (χ1v) is 8.65. The third kappa shape index (κ3) is 3.81. The van der Waals surface area contributed by atoms with Crippen molar-refractivity contribution in [2.24, 2.45) is 0 Å². The minimum absolute atomic E-state index is 0.171. The van der Waals surface area contributed by atoms with Gasteiger partial charge in [0, 0.05) is 11.9 Å². The van der Waals surface area contributed by atoms with Crippen LogP contribution in [0.5, 0.6) is 5.75 Å². The van der Waals surface area contributed by atoms with E-state index in [2.05, 4.69) is 10.3 Å². The number of carbonyl (C=O) groups excluding carboxylic acids is 1. The van der Waals surface area contributed by atoms with E-state index in [0.29, 0.717) is 18.8 Å². The molecule has 1 amide bonds. The second kappa shape index (κ2) is 7.75. The average molecular weight is 338 g/mol. The topological polar surface area (TPSA) is 51.2 Å². The summed E-state index contributed by atoms with van der Waals surface area (Å²) >= 11 is 1.44. The van der Waals surface area contributed by atoms with Crippen LogP contribution in [0.3, 0.4) is 0 Å². The Morgan fingerprint density at radius 3 is 2.67 bits per heavy atom. The SMILES string of the molecule is CCOc1ccccc1-c1nc(C(=O)NCc2ccccc2)cs1. The summed E-state index contributed by atoms with van der Waals surface area (Å²) in [6.45, 7) is 3.02. The van der Waals surface area contributed by atoms with Gasteiger partial charge >= 0.3 is 0 Å². The number of hydrogen-bond acceptors (Lipinski definition) is 4. The molecule has 4 nitrogen and oxygen atoms in total. The number of aromatic nitrogens is 1. The Labute approximate surface area is 145 Å². The number of rotatable bonds is 6. The molecule has 0 aliphatic heterocycles. The van der Waals surface area contributed by atoms with Gasteiger partial charge in [-0.3, -0.25) is 4.79 Å². The minimum atomic E-state index is -0.171. The van der Waals surface area contributed by atoms with Gasteiger partial charge in [0.05, 0.1) is 12.2 Å². The second-order valence-corrected chi connectivity index (χ2v) is 5.99. The van der Waals surface area contributed by atoms with Crippen LogP contribution in [0.15, 0.2) is 60.0 Å². The van der Waals surface area contributed by atoms with E-state index in [0.717, 1.165) is 21.9 Å². The molecule has 5 heteroatoms. The highest BCUT2D eigenvalue weighted by Gasteiger charge is 2.14. The predicted molar refractivity (Wildman–Crippen MR) is 96.3 cm³/mol. The molecule has 1 N–H and O–H groups in total. The van der Waals surface area contributed by atoms with Crippen molar-refractivity contribution >= 4 is 17.2 Å². The molecule has 0 spiro atoms. The predicted octanol–water partition coefficient (Wildman–Crippen LogP) is 4.14. The van der Waals surface area contributed by atoms with Crippen molar-refractivity contribution in [3.8, 4) is 16.3 Å². The molecule has 1 aromatic heterocycles. The van der Waals surface area contributed by atoms with Gasteiger partial charge in [0.25, 0.3) is 5.91 Å². The van der Waals surface area contributed by atoms with Gasteiger partial charge in [-0.2, -0.15) is 0 Å². The number of nitrogens with zero attached hydrogens (tertiary/aromatic N) is 1. The molecule has 1 heterocycles. The summed E-state index contributed by atoms with van der Waals surface area (Å²) in [6.07, 6.45) is 0. The number of amides is 1. The van der Waals surface area contributed by atoms with E-state index in [1.165, 1.54) is 11.3 Å². The van der Waals surface area contributed by atoms with Gasteiger partial charge in [-0.15, -0.1) is 11.3 Å². The van der Waals surface area contributed by atoms with Crippen LogP contribution in [-0.4, -0.2) is 17.5 Å². The molecule has 0 fully saturated rings. The van der Waals surface area contributed by atoms with Crippen molar-refractivity contribution in [2.45, 2.75) is 13.5 Å². The van der Waals surface area contributed by atoms with Gasteiger partial charge in [-0.1, -0.05) is 42.5 Å². The van der Waals surface area contributed by atoms with E-state index in [-0.39, 0.29) is 5.91 Å². The van der Waals surface area contributed by atoms with Crippen LogP contribution in [0.25, 0.3) is 10.6 Å². The second-order valence-electron chi connectivity index (χ2n) is 5.14. The van der Waals surface area contributed by atoms with E-state index >= 15 is 0 Å². The summed E-state index contributed by atoms with van der Waals surface area (Å²) in [5.74, 6) is 0.612. The van der Waals surface area contributed by atoms with Gasteiger partial charge in [-0.05, 0) is 24.6 Å². The van der Waals surface area contributed by atoms with Gasteiger partial charge in [0.15, 0.2) is 0 Å². The number of thiazole rings is 1. The fourth-order valence-corrected chi connectivity index (χ4v) is 3.12. The highest BCUT2D eigenvalue weighted by Crippen LogP contribution is 2.32. The first-order valence-electron chi connectivity index (χ1n) is 7.77. The number of benzene rings is 2. The fraction of sp³-hybridized carbons (Fsp3) is 0.158. The number of nitrogens with one attached hydrogen (secondary N) is 1. The lowest BCUT2D eigenvalue weighted by atomic mass is 10.2. The maximum atomic E-state index is 12.3. The van der Waals surface area contributed by atoms with Crippen molar-refractivity contribution < 1.29 is 9.53 Å². The lowest BCUT2D eigenvalue weighted by molar-refractivity contribution is 0.0946. The number of ether oxygens (including phenoxy) is 1. The molecule has 0 unspecified atom stereocenters. The number of carbonyl (C=O) groups is 1. The largest absolute Gasteiger partial charge is 0.493 e. The molecule has 3 rings (SSSR count). The first kappa shape index (κ1) is 16.2. The van der Waals surface area contributed by atoms with Crippen LogP contribution in [0.4, 0.5) is 0 Å². The Morgan fingerprint density at radius 1 is 1.12 bits per heavy atom. The first-order chi connectivity index (χ1) is 11.8. The summed E-state index contributed by atoms with van der Waals surface area (Å²) < 4.78 is 5.63. The molecule has 0 saturated heterocycles. The number of hydrogen-bond donors (Lipinski definition) is 1. The Balaban J connectivity index is 1.72. The maximum absolute atomic E-state index is 12.3. The van der Waals surface area contributed by atoms with Crippen molar-refractivity contribution in [3.63, 3.8) is 0 Å². The lowest BCUT2D eigenvalue weighted by Gasteiger charge is -2.07. The molecule has 0 aliphatic rings. The Bertz CT molecular complexity index is 815. The van der Waals surface area contributed by atoms with Gasteiger partial charge < -0.3 is 10.1 Å². The van der Waals surface area contributed by atoms with Crippen molar-refractivity contribution in [2.75, 3.05) is 6.61 Å². The van der Waals surface area contributed by atoms with Crippen LogP contribution in [0.2, 0.25) is 0 Å². The van der Waals surface area contributed by atoms with Gasteiger partial charge in [-0.25, -0.2) is 4.98 Å². The lowest BCUT2D eigenvalue weighted by Crippen LogP contribution is -2.23. The summed E-state index contributed by atoms with van der Waals surface area (Å²) in [4.78, 5) is 16.7. The average Bonchev–Trinajstić information content (AvgIpc) is 3.11. The van der Waals surface area contributed by atoms with E-state index < -0.39 is 0 Å². The zero-order chi connectivity index (χ0) is 16.8. The summed E-state index contributed by atoms with van der Waals surface area (Å²) in [5.41, 5.74) is 2.40. The molecule has 3 aromatic rings. The zero-order valence-corrected chi connectivity index (χ0v) is 14.2. The summed E-state index contributed by atoms with van der Waals surface area (Å²) in [5, 5.41) is 5.45. The highest BCUT2D eigenvalue weighted by molar-refractivity contribution is 7.13. The Hall–Kier alpha value is -2.66. The molecular weight excluding hydrogens is 320 g/mol. The van der Waals surface area contributed by atoms with Crippen LogP contribution in [-0.2, 0) is 6.54 Å². The van der Waals surface area contributed by atoms with E-state index in [4.69, 9.17) is 4.74 Å². The molecule has 0 atom stereocenters. The van der Waals surface area contributed by atoms with E-state index in [1.807, 2.05) is 61.5 Å². The van der Waals surface area contributed by atoms with E-state index in [9.17, 15) is 4.79 Å². The van der Waals surface area contributed by atoms with Crippen molar-refractivity contribution in [3.05, 3.63) is 71.2 Å². The minimum Gasteiger partial charge on any atom is -0.493 e. The fourth-order valence-electron chi connectivity index (χ4n) is 2.30. The monoisotopic (exact) mass is 338 g/mol. The van der Waals surface area contributed by atoms with Crippen molar-refractivity contribution in [1.82, 2.24) is 10.3 Å². The Kier molecular flexibility index (Phi) is 5.23. The summed E-state index contributed by atoms with van der Waals surface area (Å²) in [6, 6.07) is 17.5. The quantitative estimate of drug-likeness (QED) is 0.735. The summed E-state index contributed by atoms with van der Waals surface area (Å²) in [7, 11) is 0. The molecule has 122 valence electrons. The van der Waals surface area contributed by atoms with Crippen LogP contribution >= 0.6 is 11.3 Å². The molecule has 0 aliphatic carbocycles. The highest BCUT2D eigenvalue weighted by atomic mass is 32.1. The molecule has 2 aromatic carbocycles. The standard InChI is InChI=1S/C19H18N2O2S/c1-2-23-17-11-7-6-10-15(17)19-21-16(13-24-19)18(22)20-12-14-8-4-3-5-9-14/h3-11,13H,2,12H2,1H3,(H,20,22). The smallest absolute Gasteiger partial charge is 0.271 e. The Morgan fingerprint density at radius 2 is 1.88 bits per heavy atom. The van der Waals surface area contributed by atoms with Gasteiger partial charge in [0.1, 0.15) is 16.5 Å². The molecular formula is C19H18N2O2S. The molecule has 0 radical (unpaired) electrons. The van der Waals surface area contributed by atoms with E-state index in [1.54, 1.807) is 5.38 Å². The number of para-hydroxylation sites is 1. The maximum Gasteiger partial charge on any atom is 0.271 e. The van der Waals surface area contributed by atoms with Crippen LogP contribution in [0, 0.1) is 0 Å². The molecule has 0 bridgehead atoms. The zero-order valence-electron chi connectivity index (χ0n) is 13.4. The third-order valence-electron chi connectivity index (χ3n) is 3.45. The van der Waals surface area contributed by atoms with Crippen LogP contribution in [0.1, 0.15) is 23.0 Å². The normalized spacial score (nSPS) is 10.4. The van der Waals surface area contributed by atoms with Crippen LogP contribution < -0.4 is 10.1 Å².